The molecule has 15 heavy (non-hydrogen) atoms. The SMILES string of the molecule is Nc1ccnc(SCc2cccnc2)n1. The van der Waals surface area contributed by atoms with Gasteiger partial charge in [-0.3, -0.25) is 4.98 Å². The lowest BCUT2D eigenvalue weighted by Gasteiger charge is -2.00. The highest BCUT2D eigenvalue weighted by Crippen LogP contribution is 2.18. The number of hydrogen-bond acceptors (Lipinski definition) is 5. The number of nitrogen functional groups attached to an aromatic ring is 1. The fraction of sp³-hybridized carbons (Fsp3) is 0.100. The van der Waals surface area contributed by atoms with Gasteiger partial charge in [0, 0.05) is 24.3 Å². The fourth-order valence-corrected chi connectivity index (χ4v) is 1.83. The molecule has 0 atom stereocenters. The van der Waals surface area contributed by atoms with E-state index in [0.29, 0.717) is 11.0 Å². The predicted octanol–water partition coefficient (Wildman–Crippen LogP) is 1.75. The Morgan fingerprint density at radius 2 is 2.20 bits per heavy atom. The second-order valence-corrected chi connectivity index (χ2v) is 3.86. The Morgan fingerprint density at radius 3 is 2.93 bits per heavy atom. The lowest BCUT2D eigenvalue weighted by molar-refractivity contribution is 0.975. The summed E-state index contributed by atoms with van der Waals surface area (Å²) < 4.78 is 0. The van der Waals surface area contributed by atoms with Crippen LogP contribution < -0.4 is 5.73 Å². The van der Waals surface area contributed by atoms with E-state index in [2.05, 4.69) is 15.0 Å². The zero-order chi connectivity index (χ0) is 10.5. The average molecular weight is 218 g/mol. The molecular weight excluding hydrogens is 208 g/mol. The Labute approximate surface area is 92.0 Å². The van der Waals surface area contributed by atoms with Crippen molar-refractivity contribution in [3.63, 3.8) is 0 Å². The highest BCUT2D eigenvalue weighted by atomic mass is 32.2. The van der Waals surface area contributed by atoms with E-state index in [9.17, 15) is 0 Å². The van der Waals surface area contributed by atoms with E-state index in [0.717, 1.165) is 11.3 Å². The van der Waals surface area contributed by atoms with Crippen molar-refractivity contribution in [1.82, 2.24) is 15.0 Å². The Bertz CT molecular complexity index is 432. The number of hydrogen-bond donors (Lipinski definition) is 1. The van der Waals surface area contributed by atoms with Crippen LogP contribution in [-0.4, -0.2) is 15.0 Å². The van der Waals surface area contributed by atoms with Crippen LogP contribution in [0.1, 0.15) is 5.56 Å². The molecule has 4 nitrogen and oxygen atoms in total. The summed E-state index contributed by atoms with van der Waals surface area (Å²) in [5, 5.41) is 0.693. The Kier molecular flexibility index (Phi) is 3.14. The van der Waals surface area contributed by atoms with Gasteiger partial charge in [-0.1, -0.05) is 17.8 Å². The van der Waals surface area contributed by atoms with Crippen molar-refractivity contribution in [2.24, 2.45) is 0 Å². The Morgan fingerprint density at radius 1 is 1.27 bits per heavy atom. The normalized spacial score (nSPS) is 10.1. The van der Waals surface area contributed by atoms with Crippen LogP contribution in [0.25, 0.3) is 0 Å². The minimum absolute atomic E-state index is 0.499. The van der Waals surface area contributed by atoms with E-state index in [4.69, 9.17) is 5.73 Å². The van der Waals surface area contributed by atoms with Gasteiger partial charge in [0.2, 0.25) is 0 Å². The molecule has 2 heterocycles. The molecule has 0 spiro atoms. The minimum atomic E-state index is 0.499. The lowest BCUT2D eigenvalue weighted by Crippen LogP contribution is -1.93. The molecule has 0 aliphatic rings. The van der Waals surface area contributed by atoms with Gasteiger partial charge in [-0.25, -0.2) is 9.97 Å². The number of pyridine rings is 1. The summed E-state index contributed by atoms with van der Waals surface area (Å²) in [6.45, 7) is 0. The van der Waals surface area contributed by atoms with Crippen LogP contribution in [0.2, 0.25) is 0 Å². The topological polar surface area (TPSA) is 64.7 Å². The van der Waals surface area contributed by atoms with Crippen molar-refractivity contribution in [3.05, 3.63) is 42.4 Å². The van der Waals surface area contributed by atoms with Gasteiger partial charge in [0.1, 0.15) is 5.82 Å². The van der Waals surface area contributed by atoms with Crippen molar-refractivity contribution in [2.75, 3.05) is 5.73 Å². The minimum Gasteiger partial charge on any atom is -0.384 e. The third-order valence-corrected chi connectivity index (χ3v) is 2.68. The quantitative estimate of drug-likeness (QED) is 0.628. The van der Waals surface area contributed by atoms with Gasteiger partial charge in [-0.05, 0) is 17.7 Å². The zero-order valence-electron chi connectivity index (χ0n) is 8.00. The highest BCUT2D eigenvalue weighted by Gasteiger charge is 1.99. The first-order valence-electron chi connectivity index (χ1n) is 4.45. The molecular formula is C10H10N4S. The number of aromatic nitrogens is 3. The molecule has 0 aliphatic heterocycles. The van der Waals surface area contributed by atoms with Crippen LogP contribution in [0.15, 0.2) is 41.9 Å². The maximum atomic E-state index is 5.55. The van der Waals surface area contributed by atoms with Crippen LogP contribution >= 0.6 is 11.8 Å². The summed E-state index contributed by atoms with van der Waals surface area (Å²) in [4.78, 5) is 12.2. The van der Waals surface area contributed by atoms with Gasteiger partial charge >= 0.3 is 0 Å². The number of nitrogens with two attached hydrogens (primary N) is 1. The van der Waals surface area contributed by atoms with Gasteiger partial charge < -0.3 is 5.73 Å². The zero-order valence-corrected chi connectivity index (χ0v) is 8.81. The van der Waals surface area contributed by atoms with Crippen LogP contribution in [0.5, 0.6) is 0 Å². The summed E-state index contributed by atoms with van der Waals surface area (Å²) in [5.74, 6) is 1.30. The van der Waals surface area contributed by atoms with Crippen LogP contribution in [0, 0.1) is 0 Å². The molecule has 2 aromatic heterocycles. The van der Waals surface area contributed by atoms with Gasteiger partial charge in [-0.15, -0.1) is 0 Å². The summed E-state index contributed by atoms with van der Waals surface area (Å²) in [7, 11) is 0. The predicted molar refractivity (Wildman–Crippen MR) is 60.2 cm³/mol. The van der Waals surface area contributed by atoms with Gasteiger partial charge in [0.15, 0.2) is 5.16 Å². The second-order valence-electron chi connectivity index (χ2n) is 2.91. The van der Waals surface area contributed by atoms with E-state index in [-0.39, 0.29) is 0 Å². The van der Waals surface area contributed by atoms with Crippen LogP contribution in [0.4, 0.5) is 5.82 Å². The number of rotatable bonds is 3. The molecule has 0 amide bonds. The summed E-state index contributed by atoms with van der Waals surface area (Å²) in [5.41, 5.74) is 6.70. The summed E-state index contributed by atoms with van der Waals surface area (Å²) in [6, 6.07) is 5.61. The van der Waals surface area contributed by atoms with Crippen LogP contribution in [0.3, 0.4) is 0 Å². The molecule has 0 unspecified atom stereocenters. The maximum Gasteiger partial charge on any atom is 0.189 e. The van der Waals surface area contributed by atoms with Crippen molar-refractivity contribution in [3.8, 4) is 0 Å². The molecule has 76 valence electrons. The molecule has 0 bridgehead atoms. The van der Waals surface area contributed by atoms with Crippen LogP contribution in [-0.2, 0) is 5.75 Å². The maximum absolute atomic E-state index is 5.55. The monoisotopic (exact) mass is 218 g/mol. The molecule has 2 rings (SSSR count). The summed E-state index contributed by atoms with van der Waals surface area (Å²) >= 11 is 1.55. The average Bonchev–Trinajstić information content (AvgIpc) is 2.28. The molecule has 5 heteroatoms. The van der Waals surface area contributed by atoms with Gasteiger partial charge in [0.25, 0.3) is 0 Å². The molecule has 0 radical (unpaired) electrons. The van der Waals surface area contributed by atoms with Gasteiger partial charge in [-0.2, -0.15) is 0 Å². The third kappa shape index (κ3) is 2.92. The lowest BCUT2D eigenvalue weighted by atomic mass is 10.3. The Hall–Kier alpha value is -1.62. The number of thioether (sulfide) groups is 1. The molecule has 0 aromatic carbocycles. The Balaban J connectivity index is 1.99. The highest BCUT2D eigenvalue weighted by molar-refractivity contribution is 7.98. The molecule has 2 aromatic rings. The molecule has 0 fully saturated rings. The van der Waals surface area contributed by atoms with E-state index in [1.54, 1.807) is 30.2 Å². The van der Waals surface area contributed by atoms with E-state index < -0.39 is 0 Å². The standard InChI is InChI=1S/C10H10N4S/c11-9-3-5-13-10(14-9)15-7-8-2-1-4-12-6-8/h1-6H,7H2,(H2,11,13,14). The number of nitrogens with zero attached hydrogens (tertiary/aromatic N) is 3. The fourth-order valence-electron chi connectivity index (χ4n) is 1.05. The first-order valence-corrected chi connectivity index (χ1v) is 5.43. The summed E-state index contributed by atoms with van der Waals surface area (Å²) in [6.07, 6.45) is 5.25. The van der Waals surface area contributed by atoms with Crippen molar-refractivity contribution in [1.29, 1.82) is 0 Å². The van der Waals surface area contributed by atoms with E-state index in [1.807, 2.05) is 18.3 Å². The largest absolute Gasteiger partial charge is 0.384 e. The smallest absolute Gasteiger partial charge is 0.189 e. The van der Waals surface area contributed by atoms with E-state index in [1.165, 1.54) is 0 Å². The first-order chi connectivity index (χ1) is 7.34. The number of anilines is 1. The third-order valence-electron chi connectivity index (χ3n) is 1.75. The molecule has 0 aliphatic carbocycles. The molecule has 0 saturated heterocycles. The molecule has 2 N–H and O–H groups in total. The molecule has 0 saturated carbocycles. The van der Waals surface area contributed by atoms with E-state index >= 15 is 0 Å². The second kappa shape index (κ2) is 4.75. The van der Waals surface area contributed by atoms with Crippen molar-refractivity contribution in [2.45, 2.75) is 10.9 Å². The first kappa shape index (κ1) is 9.92. The van der Waals surface area contributed by atoms with Gasteiger partial charge in [0.05, 0.1) is 0 Å². The van der Waals surface area contributed by atoms with Crippen molar-refractivity contribution >= 4 is 17.6 Å². The van der Waals surface area contributed by atoms with Crippen molar-refractivity contribution < 1.29 is 0 Å².